The molecule has 1 saturated heterocycles. The van der Waals surface area contributed by atoms with Crippen LogP contribution in [0.1, 0.15) is 50.8 Å². The van der Waals surface area contributed by atoms with E-state index in [2.05, 4.69) is 43.1 Å². The van der Waals surface area contributed by atoms with Crippen molar-refractivity contribution in [3.05, 3.63) is 35.4 Å². The maximum atomic E-state index is 9.24. The molecule has 1 aliphatic heterocycles. The summed E-state index contributed by atoms with van der Waals surface area (Å²) in [5, 5.41) is 13.0. The second-order valence-corrected chi connectivity index (χ2v) is 6.76. The third kappa shape index (κ3) is 5.10. The lowest BCUT2D eigenvalue weighted by Gasteiger charge is -2.34. The van der Waals surface area contributed by atoms with Crippen LogP contribution in [0.2, 0.25) is 0 Å². The van der Waals surface area contributed by atoms with Crippen molar-refractivity contribution in [1.82, 2.24) is 10.2 Å². The molecule has 0 bridgehead atoms. The van der Waals surface area contributed by atoms with E-state index in [0.717, 1.165) is 11.5 Å². The number of rotatable bonds is 6. The minimum absolute atomic E-state index is 0.119. The van der Waals surface area contributed by atoms with Crippen molar-refractivity contribution in [1.29, 1.82) is 0 Å². The number of likely N-dealkylation sites (tertiary alicyclic amines) is 1. The van der Waals surface area contributed by atoms with E-state index in [1.807, 2.05) is 12.1 Å². The lowest BCUT2D eigenvalue weighted by Crippen LogP contribution is -2.44. The lowest BCUT2D eigenvalue weighted by molar-refractivity contribution is 0.175. The first kappa shape index (κ1) is 16.5. The average molecular weight is 290 g/mol. The Morgan fingerprint density at radius 2 is 1.95 bits per heavy atom. The van der Waals surface area contributed by atoms with Crippen molar-refractivity contribution in [3.8, 4) is 0 Å². The van der Waals surface area contributed by atoms with Gasteiger partial charge in [0.25, 0.3) is 0 Å². The van der Waals surface area contributed by atoms with E-state index in [1.165, 1.54) is 38.0 Å². The standard InChI is InChI=1S/C18H30N2O/c1-14(2)12-20-9-7-18(8-10-20)19-15(3)17-6-4-5-16(11-17)13-21/h4-6,11,14-15,18-19,21H,7-10,12-13H2,1-3H3. The van der Waals surface area contributed by atoms with Gasteiger partial charge in [0.05, 0.1) is 6.61 Å². The summed E-state index contributed by atoms with van der Waals surface area (Å²) in [5.41, 5.74) is 2.26. The van der Waals surface area contributed by atoms with Gasteiger partial charge in [-0.1, -0.05) is 38.1 Å². The van der Waals surface area contributed by atoms with Gasteiger partial charge in [0.15, 0.2) is 0 Å². The Bertz CT molecular complexity index is 425. The number of nitrogens with zero attached hydrogens (tertiary/aromatic N) is 1. The van der Waals surface area contributed by atoms with Crippen molar-refractivity contribution < 1.29 is 5.11 Å². The van der Waals surface area contributed by atoms with Gasteiger partial charge in [-0.3, -0.25) is 0 Å². The van der Waals surface area contributed by atoms with Gasteiger partial charge in [0.1, 0.15) is 0 Å². The van der Waals surface area contributed by atoms with Crippen LogP contribution >= 0.6 is 0 Å². The normalized spacial score (nSPS) is 19.1. The van der Waals surface area contributed by atoms with Gasteiger partial charge in [-0.15, -0.1) is 0 Å². The number of piperidine rings is 1. The molecule has 1 aromatic rings. The largest absolute Gasteiger partial charge is 0.392 e. The van der Waals surface area contributed by atoms with E-state index < -0.39 is 0 Å². The fourth-order valence-electron chi connectivity index (χ4n) is 3.21. The highest BCUT2D eigenvalue weighted by atomic mass is 16.3. The molecule has 2 N–H and O–H groups in total. The SMILES string of the molecule is CC(C)CN1CCC(NC(C)c2cccc(CO)c2)CC1. The van der Waals surface area contributed by atoms with Crippen molar-refractivity contribution in [2.45, 2.75) is 52.3 Å². The summed E-state index contributed by atoms with van der Waals surface area (Å²) in [5.74, 6) is 0.759. The molecule has 1 atom stereocenters. The molecule has 0 saturated carbocycles. The van der Waals surface area contributed by atoms with E-state index in [9.17, 15) is 5.11 Å². The molecule has 21 heavy (non-hydrogen) atoms. The first-order valence-electron chi connectivity index (χ1n) is 8.26. The molecule has 0 spiro atoms. The summed E-state index contributed by atoms with van der Waals surface area (Å²) in [6.07, 6.45) is 2.47. The quantitative estimate of drug-likeness (QED) is 0.845. The third-order valence-corrected chi connectivity index (χ3v) is 4.33. The molecule has 2 rings (SSSR count). The minimum Gasteiger partial charge on any atom is -0.392 e. The maximum Gasteiger partial charge on any atom is 0.0681 e. The van der Waals surface area contributed by atoms with Crippen molar-refractivity contribution in [2.75, 3.05) is 19.6 Å². The molecule has 1 unspecified atom stereocenters. The Labute approximate surface area is 129 Å². The minimum atomic E-state index is 0.119. The van der Waals surface area contributed by atoms with E-state index in [0.29, 0.717) is 12.1 Å². The molecule has 118 valence electrons. The lowest BCUT2D eigenvalue weighted by atomic mass is 10.00. The van der Waals surface area contributed by atoms with Crippen molar-refractivity contribution in [2.24, 2.45) is 5.92 Å². The van der Waals surface area contributed by atoms with Gasteiger partial charge in [0.2, 0.25) is 0 Å². The summed E-state index contributed by atoms with van der Waals surface area (Å²) in [4.78, 5) is 2.58. The van der Waals surface area contributed by atoms with Crippen molar-refractivity contribution >= 4 is 0 Å². The first-order valence-corrected chi connectivity index (χ1v) is 8.26. The summed E-state index contributed by atoms with van der Waals surface area (Å²) in [6.45, 7) is 10.6. The van der Waals surface area contributed by atoms with Crippen LogP contribution in [-0.4, -0.2) is 35.7 Å². The van der Waals surface area contributed by atoms with Gasteiger partial charge in [-0.05, 0) is 49.9 Å². The second-order valence-electron chi connectivity index (χ2n) is 6.76. The van der Waals surface area contributed by atoms with Crippen LogP contribution in [0, 0.1) is 5.92 Å². The Balaban J connectivity index is 1.82. The second kappa shape index (κ2) is 7.92. The monoisotopic (exact) mass is 290 g/mol. The number of aliphatic hydroxyl groups excluding tert-OH is 1. The van der Waals surface area contributed by atoms with E-state index in [1.54, 1.807) is 0 Å². The Kier molecular flexibility index (Phi) is 6.22. The topological polar surface area (TPSA) is 35.5 Å². The molecule has 1 aromatic carbocycles. The Morgan fingerprint density at radius 1 is 1.24 bits per heavy atom. The van der Waals surface area contributed by atoms with Crippen LogP contribution in [0.4, 0.5) is 0 Å². The molecule has 1 aliphatic rings. The molecular weight excluding hydrogens is 260 g/mol. The molecule has 3 heteroatoms. The van der Waals surface area contributed by atoms with Gasteiger partial charge in [-0.2, -0.15) is 0 Å². The van der Waals surface area contributed by atoms with E-state index in [4.69, 9.17) is 0 Å². The molecule has 0 radical (unpaired) electrons. The summed E-state index contributed by atoms with van der Waals surface area (Å²) in [6, 6.07) is 9.21. The van der Waals surface area contributed by atoms with E-state index in [-0.39, 0.29) is 6.61 Å². The molecule has 0 aliphatic carbocycles. The summed E-state index contributed by atoms with van der Waals surface area (Å²) >= 11 is 0. The smallest absolute Gasteiger partial charge is 0.0681 e. The fourth-order valence-corrected chi connectivity index (χ4v) is 3.21. The fraction of sp³-hybridized carbons (Fsp3) is 0.667. The molecule has 3 nitrogen and oxygen atoms in total. The maximum absolute atomic E-state index is 9.24. The average Bonchev–Trinajstić information content (AvgIpc) is 2.49. The van der Waals surface area contributed by atoms with Crippen LogP contribution in [-0.2, 0) is 6.61 Å². The highest BCUT2D eigenvalue weighted by Gasteiger charge is 2.21. The van der Waals surface area contributed by atoms with Crippen LogP contribution in [0.3, 0.4) is 0 Å². The van der Waals surface area contributed by atoms with Crippen LogP contribution in [0.15, 0.2) is 24.3 Å². The molecule has 0 aromatic heterocycles. The van der Waals surface area contributed by atoms with Crippen LogP contribution in [0.5, 0.6) is 0 Å². The van der Waals surface area contributed by atoms with Crippen LogP contribution in [0.25, 0.3) is 0 Å². The highest BCUT2D eigenvalue weighted by Crippen LogP contribution is 2.19. The zero-order chi connectivity index (χ0) is 15.2. The number of benzene rings is 1. The molecule has 0 amide bonds. The predicted molar refractivity (Wildman–Crippen MR) is 88.2 cm³/mol. The van der Waals surface area contributed by atoms with Crippen molar-refractivity contribution in [3.63, 3.8) is 0 Å². The number of hydrogen-bond acceptors (Lipinski definition) is 3. The Morgan fingerprint density at radius 3 is 2.57 bits per heavy atom. The molecule has 1 heterocycles. The van der Waals surface area contributed by atoms with Gasteiger partial charge in [0, 0.05) is 18.6 Å². The Hall–Kier alpha value is -0.900. The number of hydrogen-bond donors (Lipinski definition) is 2. The van der Waals surface area contributed by atoms with Crippen LogP contribution < -0.4 is 5.32 Å². The number of aliphatic hydroxyl groups is 1. The summed E-state index contributed by atoms with van der Waals surface area (Å²) < 4.78 is 0. The number of nitrogens with one attached hydrogen (secondary N) is 1. The molecular formula is C18H30N2O. The van der Waals surface area contributed by atoms with Gasteiger partial charge >= 0.3 is 0 Å². The summed E-state index contributed by atoms with van der Waals surface area (Å²) in [7, 11) is 0. The highest BCUT2D eigenvalue weighted by molar-refractivity contribution is 5.25. The first-order chi connectivity index (χ1) is 10.1. The van der Waals surface area contributed by atoms with Gasteiger partial charge < -0.3 is 15.3 Å². The zero-order valence-electron chi connectivity index (χ0n) is 13.7. The van der Waals surface area contributed by atoms with Gasteiger partial charge in [-0.25, -0.2) is 0 Å². The predicted octanol–water partition coefficient (Wildman–Crippen LogP) is 2.95. The molecule has 1 fully saturated rings. The van der Waals surface area contributed by atoms with E-state index >= 15 is 0 Å². The third-order valence-electron chi connectivity index (χ3n) is 4.33. The zero-order valence-corrected chi connectivity index (χ0v) is 13.7.